The molecule has 19 heteroatoms. The highest BCUT2D eigenvalue weighted by Gasteiger charge is 2.53. The van der Waals surface area contributed by atoms with Crippen molar-refractivity contribution in [3.05, 3.63) is 24.3 Å². The quantitative estimate of drug-likeness (QED) is 0.0199. The number of hydrogen-bond acceptors (Lipinski definition) is 18. The molecule has 17 unspecified atom stereocenters. The van der Waals surface area contributed by atoms with E-state index < -0.39 is 124 Å². The minimum absolute atomic E-state index is 0.243. The molecule has 3 aliphatic rings. The van der Waals surface area contributed by atoms with Crippen LogP contribution in [-0.2, 0) is 33.2 Å². The van der Waals surface area contributed by atoms with Gasteiger partial charge < -0.3 is 89.9 Å². The lowest BCUT2D eigenvalue weighted by Crippen LogP contribution is -2.66. The number of unbranched alkanes of at least 4 members (excludes halogenated alkanes) is 39. The zero-order valence-corrected chi connectivity index (χ0v) is 57.5. The zero-order chi connectivity index (χ0) is 66.8. The maximum absolute atomic E-state index is 13.4. The Morgan fingerprint density at radius 2 is 0.717 bits per heavy atom. The van der Waals surface area contributed by atoms with Crippen molar-refractivity contribution < 1.29 is 89.4 Å². The fourth-order valence-corrected chi connectivity index (χ4v) is 12.9. The van der Waals surface area contributed by atoms with Crippen molar-refractivity contribution in [2.24, 2.45) is 0 Å². The van der Waals surface area contributed by atoms with Crippen LogP contribution in [0.5, 0.6) is 0 Å². The fraction of sp³-hybridized carbons (Fsp3) is 0.932. The number of aliphatic hydroxyl groups is 11. The summed E-state index contributed by atoms with van der Waals surface area (Å²) in [6, 6.07) is -0.889. The standard InChI is InChI=1S/C73H137NO18/c1-3-5-7-9-11-13-15-17-19-21-23-24-25-26-27-28-29-30-31-33-34-36-38-40-42-44-46-48-50-57(78)56(74-61(79)51-49-47-45-43-41-39-37-35-32-22-20-18-16-14-12-10-8-6-4-2)55-87-71-67(85)64(82)69(59(53-76)89-71)92-73-68(86)65(83)70(60(54-77)90-73)91-72-66(84)63(81)62(80)58(52-75)88-72/h12,14,18,20,56-60,62-73,75-78,80-86H,3-11,13,15-17,19,21-55H2,1-2H3,(H,74,79)/b14-12-,20-18-. The zero-order valence-electron chi connectivity index (χ0n) is 57.5. The van der Waals surface area contributed by atoms with Crippen molar-refractivity contribution in [3.8, 4) is 0 Å². The van der Waals surface area contributed by atoms with E-state index in [1.165, 1.54) is 212 Å². The van der Waals surface area contributed by atoms with Crippen LogP contribution in [0.3, 0.4) is 0 Å². The summed E-state index contributed by atoms with van der Waals surface area (Å²) >= 11 is 0. The Balaban J connectivity index is 1.39. The highest BCUT2D eigenvalue weighted by atomic mass is 16.8. The van der Waals surface area contributed by atoms with E-state index in [2.05, 4.69) is 43.5 Å². The molecular weight excluding hydrogens is 1180 g/mol. The van der Waals surface area contributed by atoms with Crippen molar-refractivity contribution >= 4 is 5.91 Å². The third-order valence-electron chi connectivity index (χ3n) is 19.0. The van der Waals surface area contributed by atoms with Crippen LogP contribution in [0.15, 0.2) is 24.3 Å². The molecule has 3 rings (SSSR count). The third kappa shape index (κ3) is 36.2. The van der Waals surface area contributed by atoms with Crippen molar-refractivity contribution in [2.75, 3.05) is 26.4 Å². The first-order valence-electron chi connectivity index (χ1n) is 37.6. The van der Waals surface area contributed by atoms with Crippen LogP contribution >= 0.6 is 0 Å². The largest absolute Gasteiger partial charge is 0.394 e. The Labute approximate surface area is 556 Å². The predicted octanol–water partition coefficient (Wildman–Crippen LogP) is 11.0. The molecule has 0 aromatic carbocycles. The number of allylic oxidation sites excluding steroid dienone is 4. The number of carbonyl (C=O) groups is 1. The second kappa shape index (κ2) is 55.2. The Bertz CT molecular complexity index is 1760. The van der Waals surface area contributed by atoms with Crippen LogP contribution in [0.4, 0.5) is 0 Å². The van der Waals surface area contributed by atoms with Gasteiger partial charge in [-0.3, -0.25) is 4.79 Å². The monoisotopic (exact) mass is 1320 g/mol. The van der Waals surface area contributed by atoms with E-state index in [-0.39, 0.29) is 18.9 Å². The molecule has 12 N–H and O–H groups in total. The number of carbonyl (C=O) groups excluding carboxylic acids is 1. The Morgan fingerprint density at radius 1 is 0.391 bits per heavy atom. The van der Waals surface area contributed by atoms with Crippen molar-refractivity contribution in [1.82, 2.24) is 5.32 Å². The summed E-state index contributed by atoms with van der Waals surface area (Å²) in [5.41, 5.74) is 0. The van der Waals surface area contributed by atoms with E-state index in [1.807, 2.05) is 0 Å². The van der Waals surface area contributed by atoms with E-state index in [0.29, 0.717) is 12.8 Å². The van der Waals surface area contributed by atoms with Crippen LogP contribution in [0.1, 0.15) is 303 Å². The first kappa shape index (κ1) is 84.5. The number of hydrogen-bond donors (Lipinski definition) is 12. The summed E-state index contributed by atoms with van der Waals surface area (Å²) in [6.45, 7) is 1.81. The van der Waals surface area contributed by atoms with Gasteiger partial charge in [0.1, 0.15) is 73.2 Å². The summed E-state index contributed by atoms with van der Waals surface area (Å²) in [7, 11) is 0. The Kier molecular flexibility index (Phi) is 50.7. The lowest BCUT2D eigenvalue weighted by molar-refractivity contribution is -0.379. The van der Waals surface area contributed by atoms with Gasteiger partial charge in [-0.2, -0.15) is 0 Å². The predicted molar refractivity (Wildman–Crippen MR) is 360 cm³/mol. The lowest BCUT2D eigenvalue weighted by atomic mass is 9.96. The van der Waals surface area contributed by atoms with Gasteiger partial charge in [0.05, 0.1) is 38.6 Å². The molecule has 542 valence electrons. The summed E-state index contributed by atoms with van der Waals surface area (Å²) < 4.78 is 34.5. The molecule has 19 nitrogen and oxygen atoms in total. The molecular formula is C73H137NO18. The molecule has 1 amide bonds. The van der Waals surface area contributed by atoms with Gasteiger partial charge in [0.25, 0.3) is 0 Å². The number of ether oxygens (including phenoxy) is 6. The highest BCUT2D eigenvalue weighted by Crippen LogP contribution is 2.33. The van der Waals surface area contributed by atoms with Crippen molar-refractivity contribution in [2.45, 2.75) is 407 Å². The second-order valence-corrected chi connectivity index (χ2v) is 27.1. The van der Waals surface area contributed by atoms with Gasteiger partial charge in [0.15, 0.2) is 18.9 Å². The van der Waals surface area contributed by atoms with Gasteiger partial charge in [-0.15, -0.1) is 0 Å². The average Bonchev–Trinajstić information content (AvgIpc) is 0.855. The smallest absolute Gasteiger partial charge is 0.220 e. The molecule has 0 spiro atoms. The van der Waals surface area contributed by atoms with Gasteiger partial charge in [-0.05, 0) is 44.9 Å². The van der Waals surface area contributed by atoms with Crippen LogP contribution in [0.2, 0.25) is 0 Å². The molecule has 0 bridgehead atoms. The van der Waals surface area contributed by atoms with Gasteiger partial charge in [-0.25, -0.2) is 0 Å². The van der Waals surface area contributed by atoms with Gasteiger partial charge >= 0.3 is 0 Å². The summed E-state index contributed by atoms with van der Waals surface area (Å²) in [5, 5.41) is 121. The Morgan fingerprint density at radius 3 is 1.13 bits per heavy atom. The van der Waals surface area contributed by atoms with Gasteiger partial charge in [-0.1, -0.05) is 276 Å². The number of rotatable bonds is 59. The maximum atomic E-state index is 13.4. The normalized spacial score (nSPS) is 27.8. The highest BCUT2D eigenvalue weighted by molar-refractivity contribution is 5.76. The number of aliphatic hydroxyl groups excluding tert-OH is 11. The fourth-order valence-electron chi connectivity index (χ4n) is 12.9. The van der Waals surface area contributed by atoms with E-state index in [1.54, 1.807) is 0 Å². The molecule has 0 aliphatic carbocycles. The topological polar surface area (TPSA) is 307 Å². The van der Waals surface area contributed by atoms with Gasteiger partial charge in [0, 0.05) is 6.42 Å². The van der Waals surface area contributed by atoms with Crippen LogP contribution in [0.25, 0.3) is 0 Å². The summed E-state index contributed by atoms with van der Waals surface area (Å²) in [5.74, 6) is -0.243. The molecule has 3 saturated heterocycles. The van der Waals surface area contributed by atoms with Crippen LogP contribution in [0, 0.1) is 0 Å². The van der Waals surface area contributed by atoms with E-state index in [4.69, 9.17) is 28.4 Å². The molecule has 17 atom stereocenters. The molecule has 0 radical (unpaired) electrons. The van der Waals surface area contributed by atoms with Crippen molar-refractivity contribution in [3.63, 3.8) is 0 Å². The minimum atomic E-state index is -1.97. The molecule has 3 fully saturated rings. The Hall–Kier alpha value is -1.73. The van der Waals surface area contributed by atoms with Crippen molar-refractivity contribution in [1.29, 1.82) is 0 Å². The molecule has 0 aromatic rings. The minimum Gasteiger partial charge on any atom is -0.394 e. The molecule has 0 aromatic heterocycles. The third-order valence-corrected chi connectivity index (χ3v) is 19.0. The second-order valence-electron chi connectivity index (χ2n) is 27.1. The van der Waals surface area contributed by atoms with E-state index in [0.717, 1.165) is 57.8 Å². The van der Waals surface area contributed by atoms with E-state index in [9.17, 15) is 61.0 Å². The van der Waals surface area contributed by atoms with Crippen LogP contribution < -0.4 is 5.32 Å². The number of nitrogens with one attached hydrogen (secondary N) is 1. The average molecular weight is 1320 g/mol. The summed E-state index contributed by atoms with van der Waals surface area (Å²) in [4.78, 5) is 13.4. The molecule has 92 heavy (non-hydrogen) atoms. The lowest BCUT2D eigenvalue weighted by Gasteiger charge is -2.48. The molecule has 0 saturated carbocycles. The van der Waals surface area contributed by atoms with E-state index >= 15 is 0 Å². The first-order chi connectivity index (χ1) is 44.8. The molecule has 3 heterocycles. The number of amides is 1. The van der Waals surface area contributed by atoms with Gasteiger partial charge in [0.2, 0.25) is 5.91 Å². The SMILES string of the molecule is CCCCC/C=C\C/C=C\CCCCCCCCCCCC(=O)NC(COC1OC(CO)C(OC2OC(CO)C(OC3OC(CO)C(O)C(O)C3O)C(O)C2O)C(O)C1O)C(O)CCCCCCCCCCCCCCCCCCCCCCCCCCCCCC. The van der Waals surface area contributed by atoms with Crippen LogP contribution in [-0.4, -0.2) is 193 Å². The summed E-state index contributed by atoms with van der Waals surface area (Å²) in [6.07, 6.45) is 36.9. The first-order valence-corrected chi connectivity index (χ1v) is 37.6. The maximum Gasteiger partial charge on any atom is 0.220 e. The molecule has 3 aliphatic heterocycles.